The van der Waals surface area contributed by atoms with Crippen molar-refractivity contribution >= 4 is 17.5 Å². The Labute approximate surface area is 132 Å². The lowest BCUT2D eigenvalue weighted by Gasteiger charge is -2.10. The van der Waals surface area contributed by atoms with E-state index in [1.807, 2.05) is 67.6 Å². The molecule has 1 atom stereocenters. The summed E-state index contributed by atoms with van der Waals surface area (Å²) in [7, 11) is 0. The van der Waals surface area contributed by atoms with E-state index in [0.717, 1.165) is 5.69 Å². The molecule has 22 heavy (non-hydrogen) atoms. The van der Waals surface area contributed by atoms with Crippen LogP contribution in [0.25, 0.3) is 5.69 Å². The van der Waals surface area contributed by atoms with E-state index < -0.39 is 0 Å². The van der Waals surface area contributed by atoms with Gasteiger partial charge in [-0.2, -0.15) is 4.68 Å². The van der Waals surface area contributed by atoms with Crippen LogP contribution in [0.15, 0.2) is 65.8 Å². The number of tetrazole rings is 1. The zero-order valence-electron chi connectivity index (χ0n) is 12.0. The molecule has 0 N–H and O–H groups in total. The van der Waals surface area contributed by atoms with Gasteiger partial charge in [0.2, 0.25) is 5.16 Å². The average molecular weight is 310 g/mol. The van der Waals surface area contributed by atoms with Crippen LogP contribution in [0, 0.1) is 0 Å². The third kappa shape index (κ3) is 3.07. The predicted octanol–water partition coefficient (Wildman–Crippen LogP) is 3.03. The van der Waals surface area contributed by atoms with Gasteiger partial charge in [0.1, 0.15) is 0 Å². The van der Waals surface area contributed by atoms with Crippen molar-refractivity contribution in [2.24, 2.45) is 0 Å². The number of rotatable bonds is 5. The van der Waals surface area contributed by atoms with Crippen LogP contribution in [0.5, 0.6) is 0 Å². The van der Waals surface area contributed by atoms with Crippen LogP contribution in [0.2, 0.25) is 0 Å². The minimum absolute atomic E-state index is 0.0632. The van der Waals surface area contributed by atoms with E-state index in [2.05, 4.69) is 15.5 Å². The first-order valence-corrected chi connectivity index (χ1v) is 7.73. The van der Waals surface area contributed by atoms with Gasteiger partial charge in [0.05, 0.1) is 10.9 Å². The minimum atomic E-state index is -0.268. The maximum absolute atomic E-state index is 12.4. The monoisotopic (exact) mass is 310 g/mol. The summed E-state index contributed by atoms with van der Waals surface area (Å²) in [6.45, 7) is 1.87. The molecule has 0 bridgehead atoms. The molecular weight excluding hydrogens is 296 g/mol. The van der Waals surface area contributed by atoms with Gasteiger partial charge in [-0.3, -0.25) is 4.79 Å². The zero-order valence-corrected chi connectivity index (χ0v) is 12.8. The van der Waals surface area contributed by atoms with Crippen LogP contribution in [0.4, 0.5) is 0 Å². The molecule has 0 aliphatic carbocycles. The smallest absolute Gasteiger partial charge is 0.214 e. The number of ketones is 1. The Kier molecular flexibility index (Phi) is 4.29. The van der Waals surface area contributed by atoms with Crippen LogP contribution in [-0.2, 0) is 0 Å². The highest BCUT2D eigenvalue weighted by Crippen LogP contribution is 2.25. The number of carbonyl (C=O) groups excluding carboxylic acids is 1. The van der Waals surface area contributed by atoms with Gasteiger partial charge in [0, 0.05) is 5.56 Å². The first-order valence-electron chi connectivity index (χ1n) is 6.85. The Morgan fingerprint density at radius 1 is 1.05 bits per heavy atom. The summed E-state index contributed by atoms with van der Waals surface area (Å²) in [6, 6.07) is 18.9. The van der Waals surface area contributed by atoms with Crippen molar-refractivity contribution in [1.29, 1.82) is 0 Å². The second-order valence-corrected chi connectivity index (χ2v) is 6.01. The highest BCUT2D eigenvalue weighted by atomic mass is 32.2. The summed E-state index contributed by atoms with van der Waals surface area (Å²) in [5.41, 5.74) is 1.57. The fourth-order valence-electron chi connectivity index (χ4n) is 2.03. The molecule has 1 unspecified atom stereocenters. The third-order valence-corrected chi connectivity index (χ3v) is 4.18. The minimum Gasteiger partial charge on any atom is -0.293 e. The fraction of sp³-hybridized carbons (Fsp3) is 0.125. The Morgan fingerprint density at radius 3 is 2.36 bits per heavy atom. The van der Waals surface area contributed by atoms with Crippen molar-refractivity contribution < 1.29 is 4.79 Å². The number of Topliss-reactive ketones (excluding diaryl/α,β-unsaturated/α-hetero) is 1. The van der Waals surface area contributed by atoms with E-state index in [9.17, 15) is 4.79 Å². The number of nitrogens with zero attached hydrogens (tertiary/aromatic N) is 4. The number of hydrogen-bond acceptors (Lipinski definition) is 5. The van der Waals surface area contributed by atoms with E-state index in [4.69, 9.17) is 0 Å². The lowest BCUT2D eigenvalue weighted by atomic mass is 10.1. The molecule has 0 aliphatic heterocycles. The quantitative estimate of drug-likeness (QED) is 0.535. The summed E-state index contributed by atoms with van der Waals surface area (Å²) >= 11 is 1.35. The first kappa shape index (κ1) is 14.5. The SMILES string of the molecule is CC(Sc1nnnn1-c1ccccc1)C(=O)c1ccccc1. The molecular formula is C16H14N4OS. The molecule has 0 aliphatic rings. The van der Waals surface area contributed by atoms with Crippen molar-refractivity contribution in [2.45, 2.75) is 17.3 Å². The summed E-state index contributed by atoms with van der Waals surface area (Å²) in [4.78, 5) is 12.4. The highest BCUT2D eigenvalue weighted by Gasteiger charge is 2.20. The van der Waals surface area contributed by atoms with Crippen LogP contribution in [0.3, 0.4) is 0 Å². The molecule has 5 nitrogen and oxygen atoms in total. The molecule has 0 fully saturated rings. The molecule has 2 aromatic carbocycles. The fourth-order valence-corrected chi connectivity index (χ4v) is 2.92. The second-order valence-electron chi connectivity index (χ2n) is 4.70. The van der Waals surface area contributed by atoms with Crippen molar-refractivity contribution in [2.75, 3.05) is 0 Å². The first-order chi connectivity index (χ1) is 10.8. The maximum atomic E-state index is 12.4. The van der Waals surface area contributed by atoms with Crippen molar-refractivity contribution in [3.05, 3.63) is 66.2 Å². The van der Waals surface area contributed by atoms with Crippen LogP contribution < -0.4 is 0 Å². The highest BCUT2D eigenvalue weighted by molar-refractivity contribution is 8.00. The topological polar surface area (TPSA) is 60.7 Å². The Bertz CT molecular complexity index is 758. The number of para-hydroxylation sites is 1. The van der Waals surface area contributed by atoms with Crippen molar-refractivity contribution in [3.63, 3.8) is 0 Å². The molecule has 110 valence electrons. The van der Waals surface area contributed by atoms with Gasteiger partial charge in [-0.25, -0.2) is 0 Å². The van der Waals surface area contributed by atoms with E-state index in [1.165, 1.54) is 11.8 Å². The number of aromatic nitrogens is 4. The summed E-state index contributed by atoms with van der Waals surface area (Å²) in [6.07, 6.45) is 0. The van der Waals surface area contributed by atoms with Crippen LogP contribution in [-0.4, -0.2) is 31.2 Å². The third-order valence-electron chi connectivity index (χ3n) is 3.15. The molecule has 6 heteroatoms. The van der Waals surface area contributed by atoms with E-state index in [0.29, 0.717) is 10.7 Å². The normalized spacial score (nSPS) is 12.0. The van der Waals surface area contributed by atoms with E-state index in [1.54, 1.807) is 4.68 Å². The van der Waals surface area contributed by atoms with Gasteiger partial charge in [-0.05, 0) is 29.5 Å². The molecule has 1 heterocycles. The number of hydrogen-bond donors (Lipinski definition) is 0. The summed E-state index contributed by atoms with van der Waals surface area (Å²) in [5, 5.41) is 12.1. The van der Waals surface area contributed by atoms with Crippen molar-refractivity contribution in [3.8, 4) is 5.69 Å². The molecule has 3 rings (SSSR count). The van der Waals surface area contributed by atoms with Gasteiger partial charge in [0.25, 0.3) is 0 Å². The average Bonchev–Trinajstić information content (AvgIpc) is 3.04. The molecule has 3 aromatic rings. The Hall–Kier alpha value is -2.47. The Balaban J connectivity index is 1.80. The molecule has 0 amide bonds. The number of carbonyl (C=O) groups is 1. The van der Waals surface area contributed by atoms with E-state index in [-0.39, 0.29) is 11.0 Å². The van der Waals surface area contributed by atoms with E-state index >= 15 is 0 Å². The molecule has 0 radical (unpaired) electrons. The van der Waals surface area contributed by atoms with Crippen LogP contribution >= 0.6 is 11.8 Å². The van der Waals surface area contributed by atoms with Gasteiger partial charge in [-0.1, -0.05) is 60.3 Å². The Morgan fingerprint density at radius 2 is 1.68 bits per heavy atom. The summed E-state index contributed by atoms with van der Waals surface area (Å²) < 4.78 is 1.64. The van der Waals surface area contributed by atoms with Gasteiger partial charge >= 0.3 is 0 Å². The second kappa shape index (κ2) is 6.53. The lowest BCUT2D eigenvalue weighted by Crippen LogP contribution is -2.14. The molecule has 0 spiro atoms. The molecule has 1 aromatic heterocycles. The standard InChI is InChI=1S/C16H14N4OS/c1-12(15(21)13-8-4-2-5-9-13)22-16-17-18-19-20(16)14-10-6-3-7-11-14/h2-12H,1H3. The molecule has 0 saturated carbocycles. The van der Waals surface area contributed by atoms with Crippen molar-refractivity contribution in [1.82, 2.24) is 20.2 Å². The number of thioether (sulfide) groups is 1. The van der Waals surface area contributed by atoms with Gasteiger partial charge < -0.3 is 0 Å². The van der Waals surface area contributed by atoms with Gasteiger partial charge in [0.15, 0.2) is 5.78 Å². The van der Waals surface area contributed by atoms with Crippen LogP contribution in [0.1, 0.15) is 17.3 Å². The maximum Gasteiger partial charge on any atom is 0.214 e. The largest absolute Gasteiger partial charge is 0.293 e. The number of benzene rings is 2. The predicted molar refractivity (Wildman–Crippen MR) is 85.2 cm³/mol. The van der Waals surface area contributed by atoms with Gasteiger partial charge in [-0.15, -0.1) is 5.10 Å². The lowest BCUT2D eigenvalue weighted by molar-refractivity contribution is 0.0994. The zero-order chi connectivity index (χ0) is 15.4. The summed E-state index contributed by atoms with van der Waals surface area (Å²) in [5.74, 6) is 0.0632. The molecule has 0 saturated heterocycles.